The van der Waals surface area contributed by atoms with Crippen molar-refractivity contribution in [1.82, 2.24) is 0 Å². The van der Waals surface area contributed by atoms with Gasteiger partial charge in [0.05, 0.1) is 0 Å². The molecule has 0 aliphatic heterocycles. The van der Waals surface area contributed by atoms with E-state index in [1.54, 1.807) is 0 Å². The van der Waals surface area contributed by atoms with Crippen molar-refractivity contribution in [3.05, 3.63) is 51.2 Å². The zero-order valence-electron chi connectivity index (χ0n) is 12.7. The first-order chi connectivity index (χ1) is 11.5. The number of rotatable bonds is 4. The third-order valence-corrected chi connectivity index (χ3v) is 4.95. The van der Waals surface area contributed by atoms with Gasteiger partial charge in [-0.05, 0) is 49.4 Å². The Labute approximate surface area is 141 Å². The van der Waals surface area contributed by atoms with E-state index in [4.69, 9.17) is 4.74 Å². The minimum Gasteiger partial charge on any atom is -0.451 e. The number of fused-ring (bicyclic) bond motifs is 1. The van der Waals surface area contributed by atoms with E-state index in [-0.39, 0.29) is 5.69 Å². The zero-order valence-corrected chi connectivity index (χ0v) is 13.6. The monoisotopic (exact) mass is 351 g/mol. The maximum Gasteiger partial charge on any atom is 0.348 e. The number of benzene rings is 1. The summed E-state index contributed by atoms with van der Waals surface area (Å²) in [7, 11) is 0. The number of ether oxygens (including phenoxy) is 1. The van der Waals surface area contributed by atoms with Crippen LogP contribution in [0.15, 0.2) is 24.3 Å². The number of hydrogen-bond donors (Lipinski definition) is 1. The third kappa shape index (κ3) is 3.79. The Hall–Kier alpha value is -2.28. The highest BCUT2D eigenvalue weighted by atomic mass is 32.1. The normalized spacial score (nSPS) is 13.2. The lowest BCUT2D eigenvalue weighted by Gasteiger charge is -2.08. The number of hydrogen-bond acceptors (Lipinski definition) is 4. The van der Waals surface area contributed by atoms with Crippen LogP contribution in [0.5, 0.6) is 0 Å². The SMILES string of the molecule is O=C(COC(=O)c1cc2c(s1)CCCC2)Nc1ccc(F)c(F)c1. The van der Waals surface area contributed by atoms with Gasteiger partial charge in [0.25, 0.3) is 5.91 Å². The van der Waals surface area contributed by atoms with Crippen LogP contribution in [0.3, 0.4) is 0 Å². The molecule has 4 nitrogen and oxygen atoms in total. The van der Waals surface area contributed by atoms with Crippen molar-refractivity contribution >= 4 is 28.9 Å². The van der Waals surface area contributed by atoms with Gasteiger partial charge in [0.1, 0.15) is 4.88 Å². The molecule has 2 aromatic rings. The van der Waals surface area contributed by atoms with Gasteiger partial charge in [-0.3, -0.25) is 4.79 Å². The highest BCUT2D eigenvalue weighted by molar-refractivity contribution is 7.14. The molecule has 0 unspecified atom stereocenters. The minimum absolute atomic E-state index is 0.0986. The Morgan fingerprint density at radius 3 is 2.67 bits per heavy atom. The summed E-state index contributed by atoms with van der Waals surface area (Å²) in [4.78, 5) is 25.5. The molecule has 0 spiro atoms. The van der Waals surface area contributed by atoms with Crippen LogP contribution in [0.1, 0.15) is 33.0 Å². The highest BCUT2D eigenvalue weighted by Crippen LogP contribution is 2.30. The predicted octanol–water partition coefficient (Wildman–Crippen LogP) is 3.70. The third-order valence-electron chi connectivity index (χ3n) is 3.74. The molecule has 1 aromatic carbocycles. The molecule has 0 fully saturated rings. The molecule has 1 amide bonds. The summed E-state index contributed by atoms with van der Waals surface area (Å²) < 4.78 is 30.9. The maximum absolute atomic E-state index is 13.1. The van der Waals surface area contributed by atoms with E-state index < -0.39 is 30.1 Å². The zero-order chi connectivity index (χ0) is 17.1. The highest BCUT2D eigenvalue weighted by Gasteiger charge is 2.19. The van der Waals surface area contributed by atoms with Crippen LogP contribution in [0.25, 0.3) is 0 Å². The summed E-state index contributed by atoms with van der Waals surface area (Å²) in [5, 5.41) is 2.35. The van der Waals surface area contributed by atoms with E-state index in [0.717, 1.165) is 37.8 Å². The molecule has 3 rings (SSSR count). The molecular weight excluding hydrogens is 336 g/mol. The van der Waals surface area contributed by atoms with E-state index >= 15 is 0 Å². The van der Waals surface area contributed by atoms with E-state index in [9.17, 15) is 18.4 Å². The van der Waals surface area contributed by atoms with Crippen LogP contribution in [0.2, 0.25) is 0 Å². The lowest BCUT2D eigenvalue weighted by Crippen LogP contribution is -2.20. The van der Waals surface area contributed by atoms with Crippen molar-refractivity contribution in [2.75, 3.05) is 11.9 Å². The van der Waals surface area contributed by atoms with Gasteiger partial charge in [-0.2, -0.15) is 0 Å². The van der Waals surface area contributed by atoms with Crippen molar-refractivity contribution in [1.29, 1.82) is 0 Å². The van der Waals surface area contributed by atoms with E-state index in [0.29, 0.717) is 4.88 Å². The van der Waals surface area contributed by atoms with E-state index in [1.807, 2.05) is 6.07 Å². The summed E-state index contributed by atoms with van der Waals surface area (Å²) in [6, 6.07) is 4.83. The number of nitrogens with one attached hydrogen (secondary N) is 1. The largest absolute Gasteiger partial charge is 0.451 e. The van der Waals surface area contributed by atoms with Crippen LogP contribution in [0.4, 0.5) is 14.5 Å². The average Bonchev–Trinajstić information content (AvgIpc) is 3.00. The van der Waals surface area contributed by atoms with Gasteiger partial charge in [0.2, 0.25) is 0 Å². The van der Waals surface area contributed by atoms with Crippen LogP contribution >= 0.6 is 11.3 Å². The van der Waals surface area contributed by atoms with E-state index in [2.05, 4.69) is 5.32 Å². The number of amides is 1. The molecule has 7 heteroatoms. The molecule has 0 radical (unpaired) electrons. The second kappa shape index (κ2) is 7.09. The Bertz CT molecular complexity index is 765. The molecule has 0 saturated carbocycles. The molecule has 1 N–H and O–H groups in total. The topological polar surface area (TPSA) is 55.4 Å². The maximum atomic E-state index is 13.1. The smallest absolute Gasteiger partial charge is 0.348 e. The molecule has 1 aliphatic rings. The second-order valence-corrected chi connectivity index (χ2v) is 6.66. The van der Waals surface area contributed by atoms with Gasteiger partial charge in [-0.1, -0.05) is 0 Å². The van der Waals surface area contributed by atoms with Crippen molar-refractivity contribution in [2.24, 2.45) is 0 Å². The molecule has 126 valence electrons. The number of carbonyl (C=O) groups excluding carboxylic acids is 2. The van der Waals surface area contributed by atoms with Gasteiger partial charge < -0.3 is 10.1 Å². The summed E-state index contributed by atoms with van der Waals surface area (Å²) >= 11 is 1.41. The first-order valence-corrected chi connectivity index (χ1v) is 8.38. The van der Waals surface area contributed by atoms with Gasteiger partial charge in [0.15, 0.2) is 18.2 Å². The van der Waals surface area contributed by atoms with Crippen LogP contribution in [-0.4, -0.2) is 18.5 Å². The Kier molecular flexibility index (Phi) is 4.89. The quantitative estimate of drug-likeness (QED) is 0.855. The van der Waals surface area contributed by atoms with Crippen molar-refractivity contribution < 1.29 is 23.1 Å². The standard InChI is InChI=1S/C17H15F2NO3S/c18-12-6-5-11(8-13(12)19)20-16(21)9-23-17(22)15-7-10-3-1-2-4-14(10)24-15/h5-8H,1-4,9H2,(H,20,21). The lowest BCUT2D eigenvalue weighted by atomic mass is 9.99. The Morgan fingerprint density at radius 1 is 1.12 bits per heavy atom. The molecule has 1 aromatic heterocycles. The number of esters is 1. The summed E-state index contributed by atoms with van der Waals surface area (Å²) in [5.74, 6) is -3.22. The molecule has 1 aliphatic carbocycles. The van der Waals surface area contributed by atoms with Gasteiger partial charge in [-0.15, -0.1) is 11.3 Å². The lowest BCUT2D eigenvalue weighted by molar-refractivity contribution is -0.119. The fraction of sp³-hybridized carbons (Fsp3) is 0.294. The fourth-order valence-corrected chi connectivity index (χ4v) is 3.71. The number of anilines is 1. The molecule has 0 bridgehead atoms. The van der Waals surface area contributed by atoms with Gasteiger partial charge in [0, 0.05) is 16.6 Å². The fourth-order valence-electron chi connectivity index (χ4n) is 2.56. The number of thiophene rings is 1. The van der Waals surface area contributed by atoms with E-state index in [1.165, 1.54) is 27.8 Å². The average molecular weight is 351 g/mol. The number of halogens is 2. The minimum atomic E-state index is -1.06. The molecule has 24 heavy (non-hydrogen) atoms. The second-order valence-electron chi connectivity index (χ2n) is 5.52. The first kappa shape index (κ1) is 16.6. The van der Waals surface area contributed by atoms with Crippen molar-refractivity contribution in [2.45, 2.75) is 25.7 Å². The molecule has 1 heterocycles. The van der Waals surface area contributed by atoms with Crippen molar-refractivity contribution in [3.63, 3.8) is 0 Å². The summed E-state index contributed by atoms with van der Waals surface area (Å²) in [5.41, 5.74) is 1.28. The van der Waals surface area contributed by atoms with Crippen LogP contribution < -0.4 is 5.32 Å². The number of aryl methyl sites for hydroxylation is 2. The predicted molar refractivity (Wildman–Crippen MR) is 86.2 cm³/mol. The van der Waals surface area contributed by atoms with Gasteiger partial charge >= 0.3 is 5.97 Å². The van der Waals surface area contributed by atoms with Crippen LogP contribution in [0, 0.1) is 11.6 Å². The van der Waals surface area contributed by atoms with Gasteiger partial charge in [-0.25, -0.2) is 13.6 Å². The Morgan fingerprint density at radius 2 is 1.92 bits per heavy atom. The molecule has 0 saturated heterocycles. The first-order valence-electron chi connectivity index (χ1n) is 7.56. The Balaban J connectivity index is 1.54. The summed E-state index contributed by atoms with van der Waals surface area (Å²) in [6.07, 6.45) is 4.19. The molecular formula is C17H15F2NO3S. The number of carbonyl (C=O) groups is 2. The molecule has 0 atom stereocenters. The summed E-state index contributed by atoms with van der Waals surface area (Å²) in [6.45, 7) is -0.486. The van der Waals surface area contributed by atoms with Crippen LogP contribution in [-0.2, 0) is 22.4 Å². The van der Waals surface area contributed by atoms with Crippen molar-refractivity contribution in [3.8, 4) is 0 Å².